The van der Waals surface area contributed by atoms with E-state index in [9.17, 15) is 4.39 Å². The third-order valence-corrected chi connectivity index (χ3v) is 3.67. The summed E-state index contributed by atoms with van der Waals surface area (Å²) in [4.78, 5) is 4.29. The van der Waals surface area contributed by atoms with Crippen molar-refractivity contribution in [2.24, 2.45) is 0 Å². The minimum absolute atomic E-state index is 0.0234. The second kappa shape index (κ2) is 5.88. The van der Waals surface area contributed by atoms with Gasteiger partial charge in [0.1, 0.15) is 11.8 Å². The zero-order valence-corrected chi connectivity index (χ0v) is 12.3. The van der Waals surface area contributed by atoms with E-state index in [1.807, 2.05) is 30.3 Å². The van der Waals surface area contributed by atoms with Crippen molar-refractivity contribution in [3.63, 3.8) is 0 Å². The first-order valence-corrected chi connectivity index (χ1v) is 7.02. The highest BCUT2D eigenvalue weighted by molar-refractivity contribution is 6.31. The molecule has 0 aliphatic rings. The molecule has 0 radical (unpaired) electrons. The van der Waals surface area contributed by atoms with Crippen LogP contribution in [0.25, 0.3) is 10.9 Å². The summed E-state index contributed by atoms with van der Waals surface area (Å²) < 4.78 is 19.2. The fraction of sp³-hybridized carbons (Fsp3) is 0.0625. The predicted octanol–water partition coefficient (Wildman–Crippen LogP) is 5.26. The van der Waals surface area contributed by atoms with Crippen molar-refractivity contribution < 1.29 is 9.13 Å². The summed E-state index contributed by atoms with van der Waals surface area (Å²) in [7, 11) is 0. The fourth-order valence-corrected chi connectivity index (χ4v) is 2.35. The zero-order valence-electron chi connectivity index (χ0n) is 10.8. The molecule has 2 aromatic carbocycles. The van der Waals surface area contributed by atoms with Gasteiger partial charge in [-0.3, -0.25) is 0 Å². The Labute approximate surface area is 131 Å². The molecule has 0 saturated carbocycles. The van der Waals surface area contributed by atoms with Crippen LogP contribution in [-0.2, 0) is 6.61 Å². The maximum absolute atomic E-state index is 13.8. The molecule has 1 heterocycles. The minimum atomic E-state index is -0.580. The highest BCUT2D eigenvalue weighted by atomic mass is 35.5. The second-order valence-corrected chi connectivity index (χ2v) is 5.24. The van der Waals surface area contributed by atoms with E-state index in [0.29, 0.717) is 10.7 Å². The van der Waals surface area contributed by atoms with Crippen LogP contribution in [-0.4, -0.2) is 4.98 Å². The lowest BCUT2D eigenvalue weighted by atomic mass is 10.2. The molecule has 21 heavy (non-hydrogen) atoms. The average Bonchev–Trinajstić information content (AvgIpc) is 2.49. The molecule has 0 aliphatic carbocycles. The van der Waals surface area contributed by atoms with Gasteiger partial charge in [0.2, 0.25) is 0 Å². The normalized spacial score (nSPS) is 10.8. The number of benzene rings is 2. The average molecular weight is 322 g/mol. The van der Waals surface area contributed by atoms with Crippen molar-refractivity contribution in [3.8, 4) is 5.75 Å². The number of para-hydroxylation sites is 1. The molecule has 2 nitrogen and oxygen atoms in total. The lowest BCUT2D eigenvalue weighted by Crippen LogP contribution is -2.00. The van der Waals surface area contributed by atoms with Gasteiger partial charge in [0, 0.05) is 10.9 Å². The molecule has 0 bridgehead atoms. The second-order valence-electron chi connectivity index (χ2n) is 4.47. The molecule has 1 aromatic heterocycles. The van der Waals surface area contributed by atoms with Crippen molar-refractivity contribution in [2.75, 3.05) is 0 Å². The number of aromatic nitrogens is 1. The maximum atomic E-state index is 13.8. The Bertz CT molecular complexity index is 807. The highest BCUT2D eigenvalue weighted by Crippen LogP contribution is 2.26. The van der Waals surface area contributed by atoms with E-state index in [1.54, 1.807) is 6.07 Å². The standard InChI is InChI=1S/C16H10Cl2FNO/c17-12-5-3-7-14(15(12)19)21-9-11-8-10-4-1-2-6-13(10)20-16(11)18/h1-8H,9H2. The number of pyridine rings is 1. The van der Waals surface area contributed by atoms with E-state index in [-0.39, 0.29) is 17.4 Å². The first-order valence-electron chi connectivity index (χ1n) is 6.26. The van der Waals surface area contributed by atoms with Crippen LogP contribution in [0.3, 0.4) is 0 Å². The lowest BCUT2D eigenvalue weighted by Gasteiger charge is -2.10. The first-order chi connectivity index (χ1) is 10.1. The minimum Gasteiger partial charge on any atom is -0.486 e. The van der Waals surface area contributed by atoms with Gasteiger partial charge in [0.25, 0.3) is 0 Å². The van der Waals surface area contributed by atoms with Gasteiger partial charge in [-0.25, -0.2) is 9.37 Å². The zero-order chi connectivity index (χ0) is 14.8. The summed E-state index contributed by atoms with van der Waals surface area (Å²) in [6.07, 6.45) is 0. The first kappa shape index (κ1) is 14.1. The molecule has 0 saturated heterocycles. The van der Waals surface area contributed by atoms with Gasteiger partial charge in [-0.05, 0) is 24.3 Å². The van der Waals surface area contributed by atoms with E-state index in [1.165, 1.54) is 12.1 Å². The molecule has 3 rings (SSSR count). The van der Waals surface area contributed by atoms with Gasteiger partial charge in [-0.2, -0.15) is 0 Å². The van der Waals surface area contributed by atoms with Gasteiger partial charge in [-0.1, -0.05) is 47.5 Å². The summed E-state index contributed by atoms with van der Waals surface area (Å²) in [5.74, 6) is -0.490. The van der Waals surface area contributed by atoms with E-state index in [4.69, 9.17) is 27.9 Å². The van der Waals surface area contributed by atoms with Crippen LogP contribution in [0.2, 0.25) is 10.2 Å². The molecule has 0 spiro atoms. The molecule has 5 heteroatoms. The molecule has 106 valence electrons. The number of rotatable bonds is 3. The number of hydrogen-bond acceptors (Lipinski definition) is 2. The van der Waals surface area contributed by atoms with Crippen molar-refractivity contribution in [1.29, 1.82) is 0 Å². The van der Waals surface area contributed by atoms with Crippen LogP contribution in [0.15, 0.2) is 48.5 Å². The summed E-state index contributed by atoms with van der Waals surface area (Å²) >= 11 is 11.8. The van der Waals surface area contributed by atoms with E-state index in [2.05, 4.69) is 4.98 Å². The Morgan fingerprint density at radius 2 is 1.86 bits per heavy atom. The SMILES string of the molecule is Fc1c(Cl)cccc1OCc1cc2ccccc2nc1Cl. The molecule has 0 atom stereocenters. The van der Waals surface area contributed by atoms with Crippen molar-refractivity contribution in [1.82, 2.24) is 4.98 Å². The molecular weight excluding hydrogens is 312 g/mol. The van der Waals surface area contributed by atoms with Crippen LogP contribution in [0, 0.1) is 5.82 Å². The lowest BCUT2D eigenvalue weighted by molar-refractivity contribution is 0.290. The quantitative estimate of drug-likeness (QED) is 0.614. The van der Waals surface area contributed by atoms with Gasteiger partial charge in [-0.15, -0.1) is 0 Å². The van der Waals surface area contributed by atoms with Gasteiger partial charge < -0.3 is 4.74 Å². The van der Waals surface area contributed by atoms with Crippen LogP contribution >= 0.6 is 23.2 Å². The number of nitrogens with zero attached hydrogens (tertiary/aromatic N) is 1. The molecule has 0 aliphatic heterocycles. The number of hydrogen-bond donors (Lipinski definition) is 0. The summed E-state index contributed by atoms with van der Waals surface area (Å²) in [6.45, 7) is 0.119. The summed E-state index contributed by atoms with van der Waals surface area (Å²) in [6, 6.07) is 14.1. The van der Waals surface area contributed by atoms with E-state index < -0.39 is 5.82 Å². The number of fused-ring (bicyclic) bond motifs is 1. The Morgan fingerprint density at radius 1 is 1.05 bits per heavy atom. The topological polar surface area (TPSA) is 22.1 Å². The largest absolute Gasteiger partial charge is 0.486 e. The molecule has 0 N–H and O–H groups in total. The van der Waals surface area contributed by atoms with Crippen molar-refractivity contribution >= 4 is 34.1 Å². The van der Waals surface area contributed by atoms with Gasteiger partial charge in [0.05, 0.1) is 10.5 Å². The van der Waals surface area contributed by atoms with Crippen molar-refractivity contribution in [3.05, 3.63) is 70.1 Å². The summed E-state index contributed by atoms with van der Waals surface area (Å²) in [5, 5.41) is 1.32. The van der Waals surface area contributed by atoms with E-state index in [0.717, 1.165) is 10.9 Å². The predicted molar refractivity (Wildman–Crippen MR) is 82.5 cm³/mol. The van der Waals surface area contributed by atoms with Crippen LogP contribution < -0.4 is 4.74 Å². The Hall–Kier alpha value is -1.84. The monoisotopic (exact) mass is 321 g/mol. The fourth-order valence-electron chi connectivity index (χ4n) is 1.99. The number of ether oxygens (including phenoxy) is 1. The van der Waals surface area contributed by atoms with Crippen LogP contribution in [0.1, 0.15) is 5.56 Å². The molecular formula is C16H10Cl2FNO. The van der Waals surface area contributed by atoms with Crippen molar-refractivity contribution in [2.45, 2.75) is 6.61 Å². The third kappa shape index (κ3) is 2.94. The van der Waals surface area contributed by atoms with Gasteiger partial charge in [0.15, 0.2) is 11.6 Å². The Morgan fingerprint density at radius 3 is 2.71 bits per heavy atom. The maximum Gasteiger partial charge on any atom is 0.183 e. The Balaban J connectivity index is 1.88. The smallest absolute Gasteiger partial charge is 0.183 e. The third-order valence-electron chi connectivity index (χ3n) is 3.05. The number of halogens is 3. The van der Waals surface area contributed by atoms with Crippen LogP contribution in [0.4, 0.5) is 4.39 Å². The molecule has 0 fully saturated rings. The highest BCUT2D eigenvalue weighted by Gasteiger charge is 2.10. The molecule has 3 aromatic rings. The van der Waals surface area contributed by atoms with Gasteiger partial charge >= 0.3 is 0 Å². The molecule has 0 unspecified atom stereocenters. The summed E-state index contributed by atoms with van der Waals surface area (Å²) in [5.41, 5.74) is 1.50. The molecule has 0 amide bonds. The van der Waals surface area contributed by atoms with Crippen LogP contribution in [0.5, 0.6) is 5.75 Å². The van der Waals surface area contributed by atoms with E-state index >= 15 is 0 Å². The Kier molecular flexibility index (Phi) is 3.95.